The van der Waals surface area contributed by atoms with Gasteiger partial charge in [-0.15, -0.1) is 0 Å². The molecule has 0 radical (unpaired) electrons. The Morgan fingerprint density at radius 1 is 1.22 bits per heavy atom. The lowest BCUT2D eigenvalue weighted by atomic mass is 10.1. The van der Waals surface area contributed by atoms with E-state index in [0.717, 1.165) is 5.57 Å². The predicted octanol–water partition coefficient (Wildman–Crippen LogP) is 2.92. The van der Waals surface area contributed by atoms with Gasteiger partial charge in [0.05, 0.1) is 0 Å². The van der Waals surface area contributed by atoms with Gasteiger partial charge in [0, 0.05) is 5.57 Å². The minimum atomic E-state index is -1.000. The summed E-state index contributed by atoms with van der Waals surface area (Å²) in [5, 5.41) is 27.6. The van der Waals surface area contributed by atoms with Gasteiger partial charge in [0.25, 0.3) is 0 Å². The summed E-state index contributed by atoms with van der Waals surface area (Å²) >= 11 is 0. The number of carboxylic acids is 1. The molecule has 0 aromatic heterocycles. The summed E-state index contributed by atoms with van der Waals surface area (Å²) in [6.07, 6.45) is 3.61. The van der Waals surface area contributed by atoms with Crippen LogP contribution in [-0.4, -0.2) is 21.3 Å². The molecular weight excluding hydrogens is 232 g/mol. The zero-order valence-corrected chi connectivity index (χ0v) is 10.3. The molecule has 4 heteroatoms. The lowest BCUT2D eigenvalue weighted by Gasteiger charge is -2.02. The second-order valence-electron chi connectivity index (χ2n) is 4.21. The van der Waals surface area contributed by atoms with Gasteiger partial charge in [0.15, 0.2) is 11.5 Å². The summed E-state index contributed by atoms with van der Waals surface area (Å²) in [7, 11) is 0. The van der Waals surface area contributed by atoms with Gasteiger partial charge in [-0.1, -0.05) is 17.7 Å². The first-order chi connectivity index (χ1) is 8.40. The number of aliphatic carboxylic acids is 1. The van der Waals surface area contributed by atoms with E-state index >= 15 is 0 Å². The first-order valence-corrected chi connectivity index (χ1v) is 5.49. The third-order valence-corrected chi connectivity index (χ3v) is 2.35. The Bertz CT molecular complexity index is 509. The summed E-state index contributed by atoms with van der Waals surface area (Å²) in [6.45, 7) is 3.79. The number of allylic oxidation sites excluding steroid dienone is 2. The standard InChI is InChI=1S/C14H16O4/c1-9(2)3-5-11(14(17)18)7-10-4-6-12(15)13(16)8-10/h3-4,6-8,15-16H,5H2,1-2H3,(H,17,18)/b11-7+. The smallest absolute Gasteiger partial charge is 0.331 e. The van der Waals surface area contributed by atoms with Crippen LogP contribution in [0, 0.1) is 0 Å². The van der Waals surface area contributed by atoms with Gasteiger partial charge in [-0.05, 0) is 44.0 Å². The topological polar surface area (TPSA) is 77.8 Å². The van der Waals surface area contributed by atoms with Crippen molar-refractivity contribution in [3.63, 3.8) is 0 Å². The van der Waals surface area contributed by atoms with E-state index in [2.05, 4.69) is 0 Å². The fourth-order valence-electron chi connectivity index (χ4n) is 1.35. The van der Waals surface area contributed by atoms with Gasteiger partial charge in [-0.3, -0.25) is 0 Å². The van der Waals surface area contributed by atoms with E-state index in [0.29, 0.717) is 12.0 Å². The summed E-state index contributed by atoms with van der Waals surface area (Å²) in [5.41, 5.74) is 1.79. The van der Waals surface area contributed by atoms with Crippen molar-refractivity contribution < 1.29 is 20.1 Å². The Balaban J connectivity index is 3.04. The SMILES string of the molecule is CC(C)=CC/C(=C\c1ccc(O)c(O)c1)C(=O)O. The fraction of sp³-hybridized carbons (Fsp3) is 0.214. The highest BCUT2D eigenvalue weighted by Gasteiger charge is 2.07. The molecule has 0 atom stereocenters. The second kappa shape index (κ2) is 5.91. The van der Waals surface area contributed by atoms with Crippen LogP contribution >= 0.6 is 0 Å². The third kappa shape index (κ3) is 3.97. The molecule has 3 N–H and O–H groups in total. The monoisotopic (exact) mass is 248 g/mol. The maximum absolute atomic E-state index is 11.1. The van der Waals surface area contributed by atoms with Crippen LogP contribution in [0.3, 0.4) is 0 Å². The Kier molecular flexibility index (Phi) is 4.54. The van der Waals surface area contributed by atoms with E-state index in [1.807, 2.05) is 19.9 Å². The number of hydrogen-bond donors (Lipinski definition) is 3. The first-order valence-electron chi connectivity index (χ1n) is 5.49. The summed E-state index contributed by atoms with van der Waals surface area (Å²) < 4.78 is 0. The first kappa shape index (κ1) is 13.8. The van der Waals surface area contributed by atoms with Gasteiger partial charge < -0.3 is 15.3 Å². The van der Waals surface area contributed by atoms with Gasteiger partial charge in [-0.2, -0.15) is 0 Å². The quantitative estimate of drug-likeness (QED) is 0.435. The molecule has 0 aliphatic heterocycles. The molecule has 0 amide bonds. The Hall–Kier alpha value is -2.23. The molecule has 0 unspecified atom stereocenters. The zero-order chi connectivity index (χ0) is 13.7. The van der Waals surface area contributed by atoms with Crippen molar-refractivity contribution in [2.75, 3.05) is 0 Å². The Morgan fingerprint density at radius 2 is 1.89 bits per heavy atom. The maximum atomic E-state index is 11.1. The summed E-state index contributed by atoms with van der Waals surface area (Å²) in [6, 6.07) is 4.18. The van der Waals surface area contributed by atoms with Crippen LogP contribution in [0.5, 0.6) is 11.5 Å². The van der Waals surface area contributed by atoms with E-state index in [9.17, 15) is 9.90 Å². The fourth-order valence-corrected chi connectivity index (χ4v) is 1.35. The molecule has 0 aliphatic carbocycles. The van der Waals surface area contributed by atoms with Crippen LogP contribution in [0.2, 0.25) is 0 Å². The molecule has 0 heterocycles. The number of carbonyl (C=O) groups is 1. The Labute approximate surface area is 106 Å². The highest BCUT2D eigenvalue weighted by Crippen LogP contribution is 2.26. The van der Waals surface area contributed by atoms with Crippen LogP contribution in [0.4, 0.5) is 0 Å². The van der Waals surface area contributed by atoms with E-state index in [-0.39, 0.29) is 17.1 Å². The number of carboxylic acid groups (broad SMARTS) is 1. The molecular formula is C14H16O4. The van der Waals surface area contributed by atoms with Crippen molar-refractivity contribution in [3.8, 4) is 11.5 Å². The molecule has 0 saturated heterocycles. The van der Waals surface area contributed by atoms with Gasteiger partial charge >= 0.3 is 5.97 Å². The van der Waals surface area contributed by atoms with Crippen molar-refractivity contribution in [1.29, 1.82) is 0 Å². The molecule has 0 fully saturated rings. The van der Waals surface area contributed by atoms with E-state index in [1.54, 1.807) is 6.07 Å². The largest absolute Gasteiger partial charge is 0.504 e. The molecule has 1 rings (SSSR count). The lowest BCUT2D eigenvalue weighted by Crippen LogP contribution is -1.99. The third-order valence-electron chi connectivity index (χ3n) is 2.35. The van der Waals surface area contributed by atoms with Crippen LogP contribution in [0.15, 0.2) is 35.4 Å². The highest BCUT2D eigenvalue weighted by molar-refractivity contribution is 5.92. The molecule has 0 aliphatic rings. The minimum Gasteiger partial charge on any atom is -0.504 e. The Morgan fingerprint density at radius 3 is 2.39 bits per heavy atom. The predicted molar refractivity (Wildman–Crippen MR) is 69.4 cm³/mol. The number of rotatable bonds is 4. The van der Waals surface area contributed by atoms with Crippen molar-refractivity contribution in [2.24, 2.45) is 0 Å². The molecule has 1 aromatic carbocycles. The lowest BCUT2D eigenvalue weighted by molar-refractivity contribution is -0.132. The summed E-state index contributed by atoms with van der Waals surface area (Å²) in [4.78, 5) is 11.1. The zero-order valence-electron chi connectivity index (χ0n) is 10.3. The maximum Gasteiger partial charge on any atom is 0.331 e. The van der Waals surface area contributed by atoms with Crippen LogP contribution < -0.4 is 0 Å². The average Bonchev–Trinajstić information content (AvgIpc) is 2.28. The normalized spacial score (nSPS) is 11.1. The van der Waals surface area contributed by atoms with Crippen molar-refractivity contribution in [2.45, 2.75) is 20.3 Å². The molecule has 4 nitrogen and oxygen atoms in total. The highest BCUT2D eigenvalue weighted by atomic mass is 16.4. The molecule has 18 heavy (non-hydrogen) atoms. The van der Waals surface area contributed by atoms with Crippen LogP contribution in [0.25, 0.3) is 6.08 Å². The molecule has 0 bridgehead atoms. The average molecular weight is 248 g/mol. The molecule has 0 saturated carbocycles. The number of benzene rings is 1. The van der Waals surface area contributed by atoms with Crippen LogP contribution in [0.1, 0.15) is 25.8 Å². The van der Waals surface area contributed by atoms with Gasteiger partial charge in [-0.25, -0.2) is 4.79 Å². The number of aromatic hydroxyl groups is 2. The second-order valence-corrected chi connectivity index (χ2v) is 4.21. The van der Waals surface area contributed by atoms with Crippen LogP contribution in [-0.2, 0) is 4.79 Å². The van der Waals surface area contributed by atoms with Crippen molar-refractivity contribution >= 4 is 12.0 Å². The van der Waals surface area contributed by atoms with E-state index < -0.39 is 5.97 Å². The number of phenols is 2. The van der Waals surface area contributed by atoms with Crippen molar-refractivity contribution in [1.82, 2.24) is 0 Å². The van der Waals surface area contributed by atoms with Gasteiger partial charge in [0.1, 0.15) is 0 Å². The number of hydrogen-bond acceptors (Lipinski definition) is 3. The van der Waals surface area contributed by atoms with E-state index in [4.69, 9.17) is 10.2 Å². The molecule has 96 valence electrons. The van der Waals surface area contributed by atoms with Crippen molar-refractivity contribution in [3.05, 3.63) is 41.0 Å². The summed E-state index contributed by atoms with van der Waals surface area (Å²) in [5.74, 6) is -1.50. The van der Waals surface area contributed by atoms with Gasteiger partial charge in [0.2, 0.25) is 0 Å². The molecule has 0 spiro atoms. The number of phenolic OH excluding ortho intramolecular Hbond substituents is 2. The van der Waals surface area contributed by atoms with E-state index in [1.165, 1.54) is 18.2 Å². The minimum absolute atomic E-state index is 0.223. The molecule has 1 aromatic rings.